The van der Waals surface area contributed by atoms with Crippen molar-refractivity contribution in [2.45, 2.75) is 0 Å². The van der Waals surface area contributed by atoms with E-state index in [-0.39, 0.29) is 6.61 Å². The van der Waals surface area contributed by atoms with Crippen LogP contribution in [0.4, 0.5) is 0 Å². The van der Waals surface area contributed by atoms with Crippen LogP contribution in [0.5, 0.6) is 0 Å². The smallest absolute Gasteiger partial charge is 0.331 e. The standard InChI is InChI=1S/C5H4O3/c6-2-4-1-5(7)8-3-4/h1-2H,3H2. The summed E-state index contributed by atoms with van der Waals surface area (Å²) < 4.78 is 4.39. The van der Waals surface area contributed by atoms with Crippen molar-refractivity contribution in [2.24, 2.45) is 0 Å². The van der Waals surface area contributed by atoms with E-state index in [9.17, 15) is 9.59 Å². The fourth-order valence-electron chi connectivity index (χ4n) is 0.457. The molecule has 0 aromatic carbocycles. The van der Waals surface area contributed by atoms with Crippen molar-refractivity contribution in [3.8, 4) is 0 Å². The SMILES string of the molecule is O=CC1=CC(=O)OC1. The van der Waals surface area contributed by atoms with E-state index in [4.69, 9.17) is 0 Å². The molecule has 0 aromatic rings. The van der Waals surface area contributed by atoms with Gasteiger partial charge in [-0.3, -0.25) is 4.79 Å². The van der Waals surface area contributed by atoms with E-state index < -0.39 is 5.97 Å². The number of carbonyl (C=O) groups excluding carboxylic acids is 2. The molecule has 0 aromatic heterocycles. The molecule has 0 aliphatic carbocycles. The van der Waals surface area contributed by atoms with Crippen molar-refractivity contribution in [1.82, 2.24) is 0 Å². The Morgan fingerprint density at radius 2 is 2.50 bits per heavy atom. The van der Waals surface area contributed by atoms with Gasteiger partial charge in [-0.1, -0.05) is 0 Å². The van der Waals surface area contributed by atoms with E-state index in [1.165, 1.54) is 6.08 Å². The zero-order chi connectivity index (χ0) is 5.98. The minimum atomic E-state index is -0.424. The zero-order valence-electron chi connectivity index (χ0n) is 4.09. The van der Waals surface area contributed by atoms with Crippen molar-refractivity contribution in [1.29, 1.82) is 0 Å². The average Bonchev–Trinajstić information content (AvgIpc) is 2.14. The molecule has 1 heterocycles. The van der Waals surface area contributed by atoms with E-state index in [1.807, 2.05) is 0 Å². The van der Waals surface area contributed by atoms with Crippen molar-refractivity contribution in [3.63, 3.8) is 0 Å². The molecule has 8 heavy (non-hydrogen) atoms. The van der Waals surface area contributed by atoms with Gasteiger partial charge in [0.25, 0.3) is 0 Å². The highest BCUT2D eigenvalue weighted by Gasteiger charge is 2.10. The maximum absolute atomic E-state index is 10.2. The summed E-state index contributed by atoms with van der Waals surface area (Å²) >= 11 is 0. The normalized spacial score (nSPS) is 17.5. The van der Waals surface area contributed by atoms with Gasteiger partial charge in [-0.05, 0) is 0 Å². The summed E-state index contributed by atoms with van der Waals surface area (Å²) in [7, 11) is 0. The first-order valence-electron chi connectivity index (χ1n) is 2.15. The first-order valence-corrected chi connectivity index (χ1v) is 2.15. The second-order valence-electron chi connectivity index (χ2n) is 1.44. The van der Waals surface area contributed by atoms with Crippen molar-refractivity contribution in [3.05, 3.63) is 11.6 Å². The van der Waals surface area contributed by atoms with Crippen LogP contribution in [0.3, 0.4) is 0 Å². The number of cyclic esters (lactones) is 1. The minimum absolute atomic E-state index is 0.141. The highest BCUT2D eigenvalue weighted by molar-refractivity contribution is 5.93. The summed E-state index contributed by atoms with van der Waals surface area (Å²) in [5.41, 5.74) is 0.412. The molecule has 1 aliphatic heterocycles. The molecule has 0 saturated heterocycles. The highest BCUT2D eigenvalue weighted by Crippen LogP contribution is 2.00. The van der Waals surface area contributed by atoms with Gasteiger partial charge in [0.05, 0.1) is 0 Å². The molecular weight excluding hydrogens is 108 g/mol. The van der Waals surface area contributed by atoms with Gasteiger partial charge >= 0.3 is 5.97 Å². The Morgan fingerprint density at radius 1 is 1.75 bits per heavy atom. The monoisotopic (exact) mass is 112 g/mol. The first kappa shape index (κ1) is 5.03. The lowest BCUT2D eigenvalue weighted by atomic mass is 10.3. The summed E-state index contributed by atoms with van der Waals surface area (Å²) in [6, 6.07) is 0. The minimum Gasteiger partial charge on any atom is -0.458 e. The quantitative estimate of drug-likeness (QED) is 0.344. The zero-order valence-corrected chi connectivity index (χ0v) is 4.09. The van der Waals surface area contributed by atoms with Gasteiger partial charge in [-0.15, -0.1) is 0 Å². The van der Waals surface area contributed by atoms with Crippen LogP contribution in [0.15, 0.2) is 11.6 Å². The van der Waals surface area contributed by atoms with E-state index in [0.29, 0.717) is 11.9 Å². The molecule has 0 unspecified atom stereocenters. The fraction of sp³-hybridized carbons (Fsp3) is 0.200. The molecule has 0 amide bonds. The fourth-order valence-corrected chi connectivity index (χ4v) is 0.457. The Balaban J connectivity index is 2.70. The average molecular weight is 112 g/mol. The molecule has 0 radical (unpaired) electrons. The Labute approximate surface area is 45.9 Å². The van der Waals surface area contributed by atoms with Gasteiger partial charge < -0.3 is 4.74 Å². The lowest BCUT2D eigenvalue weighted by Gasteiger charge is -1.84. The molecule has 0 atom stereocenters. The maximum atomic E-state index is 10.2. The summed E-state index contributed by atoms with van der Waals surface area (Å²) in [4.78, 5) is 20.0. The molecule has 42 valence electrons. The first-order chi connectivity index (χ1) is 3.83. The number of rotatable bonds is 1. The van der Waals surface area contributed by atoms with Gasteiger partial charge in [0.2, 0.25) is 0 Å². The van der Waals surface area contributed by atoms with Crippen LogP contribution in [0, 0.1) is 0 Å². The largest absolute Gasteiger partial charge is 0.458 e. The number of ether oxygens (including phenoxy) is 1. The van der Waals surface area contributed by atoms with Crippen molar-refractivity contribution >= 4 is 12.3 Å². The van der Waals surface area contributed by atoms with Crippen molar-refractivity contribution < 1.29 is 14.3 Å². The third-order valence-corrected chi connectivity index (χ3v) is 0.836. The molecule has 0 fully saturated rings. The number of carbonyl (C=O) groups is 2. The molecule has 0 N–H and O–H groups in total. The Kier molecular flexibility index (Phi) is 1.12. The van der Waals surface area contributed by atoms with Gasteiger partial charge in [0.15, 0.2) is 0 Å². The second kappa shape index (κ2) is 1.78. The third kappa shape index (κ3) is 0.753. The number of esters is 1. The van der Waals surface area contributed by atoms with Gasteiger partial charge in [-0.25, -0.2) is 4.79 Å². The number of hydrogen-bond donors (Lipinski definition) is 0. The van der Waals surface area contributed by atoms with Crippen LogP contribution in [0.1, 0.15) is 0 Å². The molecule has 0 spiro atoms. The third-order valence-electron chi connectivity index (χ3n) is 0.836. The number of hydrogen-bond acceptors (Lipinski definition) is 3. The molecule has 3 heteroatoms. The predicted octanol–water partition coefficient (Wildman–Crippen LogP) is -0.332. The Morgan fingerprint density at radius 3 is 2.75 bits per heavy atom. The van der Waals surface area contributed by atoms with E-state index >= 15 is 0 Å². The molecular formula is C5H4O3. The van der Waals surface area contributed by atoms with Crippen LogP contribution in [-0.4, -0.2) is 18.9 Å². The summed E-state index contributed by atoms with van der Waals surface area (Å²) in [6.45, 7) is 0.141. The lowest BCUT2D eigenvalue weighted by molar-refractivity contribution is -0.134. The van der Waals surface area contributed by atoms with Gasteiger partial charge in [-0.2, -0.15) is 0 Å². The van der Waals surface area contributed by atoms with Crippen LogP contribution in [0.2, 0.25) is 0 Å². The molecule has 1 aliphatic rings. The van der Waals surface area contributed by atoms with Crippen LogP contribution in [0.25, 0.3) is 0 Å². The molecule has 3 nitrogen and oxygen atoms in total. The number of aldehydes is 1. The van der Waals surface area contributed by atoms with E-state index in [1.54, 1.807) is 0 Å². The Bertz CT molecular complexity index is 157. The van der Waals surface area contributed by atoms with Crippen LogP contribution in [-0.2, 0) is 14.3 Å². The Hall–Kier alpha value is -1.12. The van der Waals surface area contributed by atoms with E-state index in [0.717, 1.165) is 0 Å². The second-order valence-corrected chi connectivity index (χ2v) is 1.44. The molecule has 1 rings (SSSR count). The van der Waals surface area contributed by atoms with E-state index in [2.05, 4.69) is 4.74 Å². The van der Waals surface area contributed by atoms with Gasteiger partial charge in [0.1, 0.15) is 12.9 Å². The van der Waals surface area contributed by atoms with Crippen molar-refractivity contribution in [2.75, 3.05) is 6.61 Å². The molecule has 0 saturated carbocycles. The molecule has 0 bridgehead atoms. The lowest BCUT2D eigenvalue weighted by Crippen LogP contribution is -1.91. The summed E-state index contributed by atoms with van der Waals surface area (Å²) in [5.74, 6) is -0.424. The predicted molar refractivity (Wildman–Crippen MR) is 25.1 cm³/mol. The van der Waals surface area contributed by atoms with Crippen LogP contribution >= 0.6 is 0 Å². The summed E-state index contributed by atoms with van der Waals surface area (Å²) in [5, 5.41) is 0. The van der Waals surface area contributed by atoms with Gasteiger partial charge in [0, 0.05) is 11.6 Å². The topological polar surface area (TPSA) is 43.4 Å². The maximum Gasteiger partial charge on any atom is 0.331 e. The van der Waals surface area contributed by atoms with Crippen LogP contribution < -0.4 is 0 Å². The summed E-state index contributed by atoms with van der Waals surface area (Å²) in [6.07, 6.45) is 1.80. The highest BCUT2D eigenvalue weighted by atomic mass is 16.5.